The fourth-order valence-electron chi connectivity index (χ4n) is 2.61. The van der Waals surface area contributed by atoms with Crippen molar-refractivity contribution < 1.29 is 27.4 Å². The van der Waals surface area contributed by atoms with E-state index in [2.05, 4.69) is 5.32 Å². The molecule has 144 valence electrons. The predicted octanol–water partition coefficient (Wildman–Crippen LogP) is 4.45. The minimum Gasteiger partial charge on any atom is -0.486 e. The predicted molar refractivity (Wildman–Crippen MR) is 96.2 cm³/mol. The normalized spacial score (nSPS) is 14.5. The third kappa shape index (κ3) is 5.09. The smallest absolute Gasteiger partial charge is 0.416 e. The van der Waals surface area contributed by atoms with Crippen molar-refractivity contribution in [2.24, 2.45) is 0 Å². The van der Waals surface area contributed by atoms with Gasteiger partial charge in [-0.3, -0.25) is 4.79 Å². The summed E-state index contributed by atoms with van der Waals surface area (Å²) in [5.74, 6) is 1.07. The summed E-state index contributed by atoms with van der Waals surface area (Å²) in [5.41, 5.74) is 0.134. The number of alkyl halides is 3. The molecular weight excluding hydrogens is 379 g/mol. The molecule has 0 fully saturated rings. The molecule has 1 atom stereocenters. The van der Waals surface area contributed by atoms with Crippen molar-refractivity contribution in [3.63, 3.8) is 0 Å². The maximum absolute atomic E-state index is 12.7. The third-order valence-corrected chi connectivity index (χ3v) is 4.97. The Labute approximate surface area is 159 Å². The van der Waals surface area contributed by atoms with E-state index in [9.17, 15) is 18.0 Å². The van der Waals surface area contributed by atoms with Crippen molar-refractivity contribution in [3.8, 4) is 11.5 Å². The van der Waals surface area contributed by atoms with Crippen LogP contribution < -0.4 is 14.8 Å². The molecule has 0 saturated carbocycles. The van der Waals surface area contributed by atoms with Crippen LogP contribution in [0, 0.1) is 0 Å². The van der Waals surface area contributed by atoms with Gasteiger partial charge in [0, 0.05) is 4.90 Å². The largest absolute Gasteiger partial charge is 0.486 e. The first-order valence-electron chi connectivity index (χ1n) is 8.32. The number of halogens is 3. The first kappa shape index (κ1) is 19.4. The van der Waals surface area contributed by atoms with Gasteiger partial charge in [0.2, 0.25) is 5.91 Å². The third-order valence-electron chi connectivity index (χ3n) is 3.98. The lowest BCUT2D eigenvalue weighted by atomic mass is 10.1. The molecule has 0 unspecified atom stereocenters. The number of thioether (sulfide) groups is 1. The maximum atomic E-state index is 12.7. The van der Waals surface area contributed by atoms with Gasteiger partial charge in [0.1, 0.15) is 13.2 Å². The van der Waals surface area contributed by atoms with Crippen LogP contribution in [0.4, 0.5) is 13.2 Å². The first-order valence-corrected chi connectivity index (χ1v) is 9.30. The molecule has 1 aliphatic rings. The van der Waals surface area contributed by atoms with Crippen LogP contribution in [0.1, 0.15) is 24.1 Å². The van der Waals surface area contributed by atoms with Crippen LogP contribution >= 0.6 is 11.8 Å². The standard InChI is InChI=1S/C19H18F3NO3S/c1-12(13-5-6-16-17(9-13)26-8-7-25-16)23-18(24)11-27-15-4-2-3-14(10-15)19(20,21)22/h2-6,9-10,12H,7-8,11H2,1H3,(H,23,24)/t12-/m0/s1. The van der Waals surface area contributed by atoms with Crippen molar-refractivity contribution in [2.75, 3.05) is 19.0 Å². The number of benzene rings is 2. The van der Waals surface area contributed by atoms with Crippen LogP contribution in [0.5, 0.6) is 11.5 Å². The minimum atomic E-state index is -4.40. The highest BCUT2D eigenvalue weighted by atomic mass is 32.2. The number of hydrogen-bond acceptors (Lipinski definition) is 4. The number of carbonyl (C=O) groups is 1. The SMILES string of the molecule is C[C@H](NC(=O)CSc1cccc(C(F)(F)F)c1)c1ccc2c(c1)OCCO2. The summed E-state index contributed by atoms with van der Waals surface area (Å²) in [4.78, 5) is 12.6. The molecule has 0 radical (unpaired) electrons. The molecule has 1 N–H and O–H groups in total. The van der Waals surface area contributed by atoms with Gasteiger partial charge in [-0.05, 0) is 42.8 Å². The zero-order valence-electron chi connectivity index (χ0n) is 14.5. The van der Waals surface area contributed by atoms with Crippen LogP contribution in [0.3, 0.4) is 0 Å². The minimum absolute atomic E-state index is 0.0240. The summed E-state index contributed by atoms with van der Waals surface area (Å²) < 4.78 is 49.2. The molecule has 0 saturated heterocycles. The number of rotatable bonds is 5. The fraction of sp³-hybridized carbons (Fsp3) is 0.316. The molecule has 4 nitrogen and oxygen atoms in total. The number of amides is 1. The van der Waals surface area contributed by atoms with E-state index < -0.39 is 11.7 Å². The van der Waals surface area contributed by atoms with E-state index in [-0.39, 0.29) is 17.7 Å². The Bertz CT molecular complexity index is 826. The Kier molecular flexibility index (Phi) is 5.84. The van der Waals surface area contributed by atoms with Gasteiger partial charge >= 0.3 is 6.18 Å². The van der Waals surface area contributed by atoms with Crippen LogP contribution in [0.2, 0.25) is 0 Å². The van der Waals surface area contributed by atoms with E-state index in [1.54, 1.807) is 12.1 Å². The van der Waals surface area contributed by atoms with Crippen LogP contribution in [-0.4, -0.2) is 24.9 Å². The molecule has 27 heavy (non-hydrogen) atoms. The summed E-state index contributed by atoms with van der Waals surface area (Å²) in [6.07, 6.45) is -4.40. The summed E-state index contributed by atoms with van der Waals surface area (Å²) in [7, 11) is 0. The molecule has 2 aromatic carbocycles. The Morgan fingerprint density at radius 2 is 1.89 bits per heavy atom. The Morgan fingerprint density at radius 1 is 1.15 bits per heavy atom. The number of carbonyl (C=O) groups excluding carboxylic acids is 1. The topological polar surface area (TPSA) is 47.6 Å². The first-order chi connectivity index (χ1) is 12.8. The number of ether oxygens (including phenoxy) is 2. The molecule has 1 amide bonds. The van der Waals surface area contributed by atoms with Gasteiger partial charge in [-0.2, -0.15) is 13.2 Å². The van der Waals surface area contributed by atoms with Gasteiger partial charge in [0.15, 0.2) is 11.5 Å². The monoisotopic (exact) mass is 397 g/mol. The van der Waals surface area contributed by atoms with Crippen LogP contribution in [0.15, 0.2) is 47.4 Å². The second-order valence-corrected chi connectivity index (χ2v) is 7.06. The lowest BCUT2D eigenvalue weighted by molar-refractivity contribution is -0.137. The van der Waals surface area contributed by atoms with E-state index in [0.29, 0.717) is 29.6 Å². The molecule has 1 aliphatic heterocycles. The zero-order valence-corrected chi connectivity index (χ0v) is 15.3. The highest BCUT2D eigenvalue weighted by molar-refractivity contribution is 8.00. The molecule has 3 rings (SSSR count). The van der Waals surface area contributed by atoms with Gasteiger partial charge < -0.3 is 14.8 Å². The molecule has 0 spiro atoms. The van der Waals surface area contributed by atoms with Crippen LogP contribution in [0.25, 0.3) is 0 Å². The van der Waals surface area contributed by atoms with Crippen LogP contribution in [-0.2, 0) is 11.0 Å². The molecular formula is C19H18F3NO3S. The summed E-state index contributed by atoms with van der Waals surface area (Å²) in [5, 5.41) is 2.84. The molecule has 8 heteroatoms. The summed E-state index contributed by atoms with van der Waals surface area (Å²) >= 11 is 1.06. The summed E-state index contributed by atoms with van der Waals surface area (Å²) in [6, 6.07) is 10.1. The Balaban J connectivity index is 1.56. The number of nitrogens with one attached hydrogen (secondary N) is 1. The van der Waals surface area contributed by atoms with Gasteiger partial charge in [-0.25, -0.2) is 0 Å². The van der Waals surface area contributed by atoms with Crippen molar-refractivity contribution >= 4 is 17.7 Å². The molecule has 2 aromatic rings. The van der Waals surface area contributed by atoms with Gasteiger partial charge in [0.25, 0.3) is 0 Å². The second kappa shape index (κ2) is 8.12. The molecule has 0 bridgehead atoms. The van der Waals surface area contributed by atoms with Crippen molar-refractivity contribution in [1.29, 1.82) is 0 Å². The quantitative estimate of drug-likeness (QED) is 0.758. The van der Waals surface area contributed by atoms with Crippen molar-refractivity contribution in [1.82, 2.24) is 5.32 Å². The number of fused-ring (bicyclic) bond motifs is 1. The Morgan fingerprint density at radius 3 is 2.63 bits per heavy atom. The Hall–Kier alpha value is -2.35. The lowest BCUT2D eigenvalue weighted by Crippen LogP contribution is -2.28. The van der Waals surface area contributed by atoms with Crippen molar-refractivity contribution in [3.05, 3.63) is 53.6 Å². The maximum Gasteiger partial charge on any atom is 0.416 e. The van der Waals surface area contributed by atoms with Gasteiger partial charge in [-0.15, -0.1) is 11.8 Å². The van der Waals surface area contributed by atoms with Gasteiger partial charge in [-0.1, -0.05) is 12.1 Å². The number of hydrogen-bond donors (Lipinski definition) is 1. The second-order valence-electron chi connectivity index (χ2n) is 6.01. The van der Waals surface area contributed by atoms with Crippen molar-refractivity contribution in [2.45, 2.75) is 24.0 Å². The lowest BCUT2D eigenvalue weighted by Gasteiger charge is -2.21. The highest BCUT2D eigenvalue weighted by Gasteiger charge is 2.30. The van der Waals surface area contributed by atoms with E-state index in [0.717, 1.165) is 29.5 Å². The zero-order chi connectivity index (χ0) is 19.4. The average Bonchev–Trinajstić information content (AvgIpc) is 2.65. The van der Waals surface area contributed by atoms with E-state index in [4.69, 9.17) is 9.47 Å². The molecule has 0 aliphatic carbocycles. The molecule has 0 aromatic heterocycles. The summed E-state index contributed by atoms with van der Waals surface area (Å²) in [6.45, 7) is 2.81. The van der Waals surface area contributed by atoms with Gasteiger partial charge in [0.05, 0.1) is 17.4 Å². The van der Waals surface area contributed by atoms with E-state index in [1.807, 2.05) is 19.1 Å². The molecule has 1 heterocycles. The highest BCUT2D eigenvalue weighted by Crippen LogP contribution is 2.33. The van der Waals surface area contributed by atoms with E-state index >= 15 is 0 Å². The van der Waals surface area contributed by atoms with E-state index in [1.165, 1.54) is 6.07 Å². The fourth-order valence-corrected chi connectivity index (χ4v) is 3.37. The average molecular weight is 397 g/mol.